The fourth-order valence-electron chi connectivity index (χ4n) is 1.04. The van der Waals surface area contributed by atoms with Crippen LogP contribution in [0.15, 0.2) is 0 Å². The predicted molar refractivity (Wildman–Crippen MR) is 53.0 cm³/mol. The lowest BCUT2D eigenvalue weighted by Crippen LogP contribution is -2.48. The molecule has 0 rings (SSSR count). The monoisotopic (exact) mass is 207 g/mol. The molecule has 0 aliphatic heterocycles. The average Bonchev–Trinajstić information content (AvgIpc) is 2.17. The van der Waals surface area contributed by atoms with Gasteiger partial charge in [0.2, 0.25) is 0 Å². The maximum Gasteiger partial charge on any atom is 0.171 e. The lowest BCUT2D eigenvalue weighted by Gasteiger charge is -2.27. The van der Waals surface area contributed by atoms with Crippen molar-refractivity contribution in [2.24, 2.45) is 0 Å². The molecule has 0 fully saturated rings. The smallest absolute Gasteiger partial charge is 0.171 e. The molecular formula is C9H21NO4. The molecule has 5 nitrogen and oxygen atoms in total. The van der Waals surface area contributed by atoms with Crippen molar-refractivity contribution in [1.82, 2.24) is 5.32 Å². The van der Waals surface area contributed by atoms with Crippen LogP contribution in [-0.2, 0) is 9.47 Å². The Bertz CT molecular complexity index is 148. The number of methoxy groups -OCH3 is 2. The van der Waals surface area contributed by atoms with E-state index in [-0.39, 0.29) is 25.5 Å². The number of ether oxygens (including phenoxy) is 2. The van der Waals surface area contributed by atoms with Crippen molar-refractivity contribution in [3.8, 4) is 0 Å². The molecule has 3 N–H and O–H groups in total. The third kappa shape index (κ3) is 4.88. The Kier molecular flexibility index (Phi) is 6.22. The van der Waals surface area contributed by atoms with E-state index in [0.29, 0.717) is 0 Å². The molecule has 0 bridgehead atoms. The summed E-state index contributed by atoms with van der Waals surface area (Å²) in [6, 6.07) is -0.0528. The molecule has 0 aliphatic carbocycles. The molecule has 0 spiro atoms. The van der Waals surface area contributed by atoms with Crippen LogP contribution < -0.4 is 5.32 Å². The normalized spacial score (nSPS) is 18.2. The molecule has 2 atom stereocenters. The molecular weight excluding hydrogens is 186 g/mol. The van der Waals surface area contributed by atoms with E-state index in [4.69, 9.17) is 14.6 Å². The van der Waals surface area contributed by atoms with E-state index in [9.17, 15) is 5.11 Å². The van der Waals surface area contributed by atoms with E-state index in [0.717, 1.165) is 0 Å². The van der Waals surface area contributed by atoms with E-state index in [1.165, 1.54) is 0 Å². The van der Waals surface area contributed by atoms with Gasteiger partial charge in [0.1, 0.15) is 0 Å². The summed E-state index contributed by atoms with van der Waals surface area (Å²) in [4.78, 5) is 0. The Morgan fingerprint density at radius 3 is 2.21 bits per heavy atom. The van der Waals surface area contributed by atoms with Crippen molar-refractivity contribution in [2.75, 3.05) is 27.4 Å². The maximum absolute atomic E-state index is 9.51. The highest BCUT2D eigenvalue weighted by atomic mass is 16.7. The van der Waals surface area contributed by atoms with Gasteiger partial charge in [-0.1, -0.05) is 0 Å². The molecule has 0 saturated heterocycles. The molecule has 86 valence electrons. The molecule has 0 heterocycles. The van der Waals surface area contributed by atoms with E-state index in [1.807, 2.05) is 6.92 Å². The number of hydrogen-bond donors (Lipinski definition) is 3. The first-order chi connectivity index (χ1) is 6.46. The molecule has 0 amide bonds. The minimum atomic E-state index is -1.11. The number of rotatable bonds is 7. The standard InChI is InChI=1S/C9H21NO4/c1-7(8(13-3)14-4)10-5-9(2,12)6-11/h7-8,10-12H,5-6H2,1-4H3. The number of aliphatic hydroxyl groups excluding tert-OH is 1. The number of nitrogens with one attached hydrogen (secondary N) is 1. The molecule has 0 aromatic heterocycles. The maximum atomic E-state index is 9.51. The summed E-state index contributed by atoms with van der Waals surface area (Å²) in [6.45, 7) is 3.44. The van der Waals surface area contributed by atoms with Crippen LogP contribution in [0.1, 0.15) is 13.8 Å². The van der Waals surface area contributed by atoms with Gasteiger partial charge in [-0.2, -0.15) is 0 Å². The molecule has 14 heavy (non-hydrogen) atoms. The van der Waals surface area contributed by atoms with E-state index < -0.39 is 5.60 Å². The average molecular weight is 207 g/mol. The van der Waals surface area contributed by atoms with Crippen LogP contribution in [-0.4, -0.2) is 55.5 Å². The Morgan fingerprint density at radius 1 is 1.36 bits per heavy atom. The fourth-order valence-corrected chi connectivity index (χ4v) is 1.04. The van der Waals surface area contributed by atoms with Gasteiger partial charge >= 0.3 is 0 Å². The van der Waals surface area contributed by atoms with Crippen molar-refractivity contribution >= 4 is 0 Å². The third-order valence-electron chi connectivity index (χ3n) is 2.02. The first-order valence-corrected chi connectivity index (χ1v) is 4.59. The van der Waals surface area contributed by atoms with Crippen LogP contribution in [0.25, 0.3) is 0 Å². The van der Waals surface area contributed by atoms with Gasteiger partial charge in [-0.3, -0.25) is 0 Å². The number of hydrogen-bond acceptors (Lipinski definition) is 5. The van der Waals surface area contributed by atoms with Gasteiger partial charge in [-0.15, -0.1) is 0 Å². The van der Waals surface area contributed by atoms with E-state index >= 15 is 0 Å². The van der Waals surface area contributed by atoms with Crippen molar-refractivity contribution in [3.05, 3.63) is 0 Å². The molecule has 0 aromatic rings. The van der Waals surface area contributed by atoms with Crippen molar-refractivity contribution < 1.29 is 19.7 Å². The zero-order chi connectivity index (χ0) is 11.2. The Morgan fingerprint density at radius 2 is 1.86 bits per heavy atom. The summed E-state index contributed by atoms with van der Waals surface area (Å²) in [7, 11) is 3.10. The highest BCUT2D eigenvalue weighted by Crippen LogP contribution is 2.03. The Hall–Kier alpha value is -0.200. The molecule has 5 heteroatoms. The zero-order valence-electron chi connectivity index (χ0n) is 9.28. The van der Waals surface area contributed by atoms with Crippen molar-refractivity contribution in [3.63, 3.8) is 0 Å². The molecule has 0 aliphatic rings. The predicted octanol–water partition coefficient (Wildman–Crippen LogP) is -0.673. The minimum absolute atomic E-state index is 0.0528. The summed E-state index contributed by atoms with van der Waals surface area (Å²) in [5.74, 6) is 0. The van der Waals surface area contributed by atoms with Gasteiger partial charge in [0.05, 0.1) is 18.2 Å². The van der Waals surface area contributed by atoms with Crippen LogP contribution in [0.2, 0.25) is 0 Å². The lowest BCUT2D eigenvalue weighted by molar-refractivity contribution is -0.122. The third-order valence-corrected chi connectivity index (χ3v) is 2.02. The SMILES string of the molecule is COC(OC)C(C)NCC(C)(O)CO. The molecule has 0 radical (unpaired) electrons. The Balaban J connectivity index is 3.88. The Labute approximate surface area is 85.0 Å². The first kappa shape index (κ1) is 13.8. The largest absolute Gasteiger partial charge is 0.393 e. The van der Waals surface area contributed by atoms with Gasteiger partial charge in [0, 0.05) is 20.8 Å². The first-order valence-electron chi connectivity index (χ1n) is 4.59. The molecule has 0 saturated carbocycles. The van der Waals surface area contributed by atoms with Gasteiger partial charge in [0.25, 0.3) is 0 Å². The number of aliphatic hydroxyl groups is 2. The van der Waals surface area contributed by atoms with Crippen LogP contribution >= 0.6 is 0 Å². The fraction of sp³-hybridized carbons (Fsp3) is 1.00. The highest BCUT2D eigenvalue weighted by molar-refractivity contribution is 4.77. The highest BCUT2D eigenvalue weighted by Gasteiger charge is 2.22. The summed E-state index contributed by atoms with van der Waals surface area (Å²) < 4.78 is 10.1. The van der Waals surface area contributed by atoms with Gasteiger partial charge in [-0.25, -0.2) is 0 Å². The molecule has 2 unspecified atom stereocenters. The van der Waals surface area contributed by atoms with Gasteiger partial charge in [0.15, 0.2) is 6.29 Å². The molecule has 0 aromatic carbocycles. The topological polar surface area (TPSA) is 71.0 Å². The summed E-state index contributed by atoms with van der Waals surface area (Å²) >= 11 is 0. The van der Waals surface area contributed by atoms with Crippen LogP contribution in [0.5, 0.6) is 0 Å². The van der Waals surface area contributed by atoms with Gasteiger partial charge < -0.3 is 25.0 Å². The van der Waals surface area contributed by atoms with Crippen molar-refractivity contribution in [2.45, 2.75) is 31.8 Å². The zero-order valence-corrected chi connectivity index (χ0v) is 9.28. The van der Waals surface area contributed by atoms with Gasteiger partial charge in [-0.05, 0) is 13.8 Å². The van der Waals surface area contributed by atoms with Crippen LogP contribution in [0.3, 0.4) is 0 Å². The van der Waals surface area contributed by atoms with Crippen molar-refractivity contribution in [1.29, 1.82) is 0 Å². The van der Waals surface area contributed by atoms with Crippen LogP contribution in [0, 0.1) is 0 Å². The van der Waals surface area contributed by atoms with E-state index in [2.05, 4.69) is 5.32 Å². The minimum Gasteiger partial charge on any atom is -0.393 e. The quantitative estimate of drug-likeness (QED) is 0.483. The second-order valence-corrected chi connectivity index (χ2v) is 3.66. The van der Waals surface area contributed by atoms with E-state index in [1.54, 1.807) is 21.1 Å². The summed E-state index contributed by atoms with van der Waals surface area (Å²) in [6.07, 6.45) is -0.357. The summed E-state index contributed by atoms with van der Waals surface area (Å²) in [5.41, 5.74) is -1.11. The second-order valence-electron chi connectivity index (χ2n) is 3.66. The van der Waals surface area contributed by atoms with Crippen LogP contribution in [0.4, 0.5) is 0 Å². The second kappa shape index (κ2) is 6.31. The lowest BCUT2D eigenvalue weighted by atomic mass is 10.1. The summed E-state index contributed by atoms with van der Waals surface area (Å²) in [5, 5.41) is 21.3.